The van der Waals surface area contributed by atoms with E-state index in [2.05, 4.69) is 10.5 Å². The van der Waals surface area contributed by atoms with Crippen molar-refractivity contribution in [1.29, 1.82) is 0 Å². The Labute approximate surface area is 166 Å². The molecule has 7 nitrogen and oxygen atoms in total. The monoisotopic (exact) mass is 387 g/mol. The number of rotatable bonds is 7. The molecule has 0 heterocycles. The van der Waals surface area contributed by atoms with E-state index in [0.29, 0.717) is 11.4 Å². The average Bonchev–Trinajstić information content (AvgIpc) is 2.75. The molecule has 0 aliphatic carbocycles. The van der Waals surface area contributed by atoms with Gasteiger partial charge in [0, 0.05) is 17.7 Å². The van der Waals surface area contributed by atoms with Crippen molar-refractivity contribution in [2.75, 3.05) is 5.43 Å². The van der Waals surface area contributed by atoms with Crippen molar-refractivity contribution in [3.05, 3.63) is 112 Å². The summed E-state index contributed by atoms with van der Waals surface area (Å²) in [6.07, 6.45) is 3.58. The first-order valence-electron chi connectivity index (χ1n) is 8.68. The number of aromatic carboxylic acids is 1. The zero-order valence-electron chi connectivity index (χ0n) is 15.2. The molecule has 3 aromatic rings. The summed E-state index contributed by atoms with van der Waals surface area (Å²) in [6, 6.07) is 22.0. The van der Waals surface area contributed by atoms with E-state index in [4.69, 9.17) is 5.11 Å². The summed E-state index contributed by atoms with van der Waals surface area (Å²) in [4.78, 5) is 21.4. The quantitative estimate of drug-likeness (QED) is 0.343. The van der Waals surface area contributed by atoms with Gasteiger partial charge in [-0.25, -0.2) is 4.79 Å². The van der Waals surface area contributed by atoms with Crippen LogP contribution in [0.2, 0.25) is 0 Å². The number of carboxylic acid groups (broad SMARTS) is 1. The molecule has 0 unspecified atom stereocenters. The number of allylic oxidation sites excluding steroid dienone is 1. The van der Waals surface area contributed by atoms with Gasteiger partial charge in [-0.05, 0) is 42.0 Å². The molecule has 3 aromatic carbocycles. The summed E-state index contributed by atoms with van der Waals surface area (Å²) < 4.78 is 0. The number of anilines is 1. The fraction of sp³-hybridized carbons (Fsp3) is 0. The van der Waals surface area contributed by atoms with Gasteiger partial charge in [0.2, 0.25) is 0 Å². The first-order chi connectivity index (χ1) is 14.0. The van der Waals surface area contributed by atoms with Gasteiger partial charge in [0.25, 0.3) is 5.69 Å². The first kappa shape index (κ1) is 19.5. The summed E-state index contributed by atoms with van der Waals surface area (Å²) in [6.45, 7) is 0. The van der Waals surface area contributed by atoms with Crippen LogP contribution in [0, 0.1) is 10.1 Å². The second kappa shape index (κ2) is 9.09. The number of nitro groups is 1. The van der Waals surface area contributed by atoms with Gasteiger partial charge in [0.15, 0.2) is 0 Å². The molecule has 29 heavy (non-hydrogen) atoms. The van der Waals surface area contributed by atoms with Crippen molar-refractivity contribution in [2.24, 2.45) is 5.10 Å². The van der Waals surface area contributed by atoms with Crippen molar-refractivity contribution in [3.63, 3.8) is 0 Å². The van der Waals surface area contributed by atoms with E-state index in [1.807, 2.05) is 30.3 Å². The normalized spacial score (nSPS) is 11.4. The van der Waals surface area contributed by atoms with Crippen LogP contribution in [-0.2, 0) is 0 Å². The molecule has 2 N–H and O–H groups in total. The van der Waals surface area contributed by atoms with E-state index < -0.39 is 10.9 Å². The fourth-order valence-corrected chi connectivity index (χ4v) is 2.54. The Morgan fingerprint density at radius 3 is 2.31 bits per heavy atom. The number of nitro benzene ring substituents is 1. The Kier molecular flexibility index (Phi) is 6.12. The first-order valence-corrected chi connectivity index (χ1v) is 8.68. The number of carbonyl (C=O) groups is 1. The number of hydrazone groups is 1. The smallest absolute Gasteiger partial charge is 0.335 e. The molecule has 0 spiro atoms. The van der Waals surface area contributed by atoms with Crippen LogP contribution in [0.15, 0.2) is 90.0 Å². The standard InChI is InChI=1S/C22H17N3O4/c26-22(27)18-7-4-8-19(15-18)23-24-21(17-5-2-1-3-6-17)14-11-16-9-12-20(13-10-16)25(28)29/h1-15,23H,(H,26,27). The van der Waals surface area contributed by atoms with Crippen LogP contribution in [0.4, 0.5) is 11.4 Å². The summed E-state index contributed by atoms with van der Waals surface area (Å²) in [5.41, 5.74) is 5.87. The van der Waals surface area contributed by atoms with Crippen molar-refractivity contribution in [3.8, 4) is 0 Å². The highest BCUT2D eigenvalue weighted by molar-refractivity contribution is 6.11. The Morgan fingerprint density at radius 1 is 0.966 bits per heavy atom. The van der Waals surface area contributed by atoms with E-state index in [-0.39, 0.29) is 11.3 Å². The van der Waals surface area contributed by atoms with Crippen LogP contribution in [0.1, 0.15) is 21.5 Å². The van der Waals surface area contributed by atoms with Gasteiger partial charge in [-0.3, -0.25) is 15.5 Å². The summed E-state index contributed by atoms with van der Waals surface area (Å²) in [5.74, 6) is -1.01. The molecule has 7 heteroatoms. The number of hydrogen-bond acceptors (Lipinski definition) is 5. The predicted octanol–water partition coefficient (Wildman–Crippen LogP) is 4.82. The van der Waals surface area contributed by atoms with E-state index in [1.54, 1.807) is 36.4 Å². The molecule has 0 fully saturated rings. The van der Waals surface area contributed by atoms with Crippen LogP contribution >= 0.6 is 0 Å². The minimum atomic E-state index is -1.01. The van der Waals surface area contributed by atoms with Gasteiger partial charge in [-0.15, -0.1) is 0 Å². The van der Waals surface area contributed by atoms with Crippen molar-refractivity contribution in [1.82, 2.24) is 0 Å². The molecule has 0 amide bonds. The van der Waals surface area contributed by atoms with Gasteiger partial charge in [0.05, 0.1) is 21.9 Å². The number of non-ortho nitro benzene ring substituents is 1. The Morgan fingerprint density at radius 2 is 1.66 bits per heavy atom. The highest BCUT2D eigenvalue weighted by Crippen LogP contribution is 2.15. The second-order valence-corrected chi connectivity index (χ2v) is 6.04. The third kappa shape index (κ3) is 5.36. The molecular weight excluding hydrogens is 370 g/mol. The van der Waals surface area contributed by atoms with Crippen LogP contribution in [-0.4, -0.2) is 21.7 Å². The minimum absolute atomic E-state index is 0.0269. The van der Waals surface area contributed by atoms with Gasteiger partial charge < -0.3 is 5.11 Å². The molecule has 0 radical (unpaired) electrons. The molecule has 0 aliphatic rings. The molecule has 3 rings (SSSR count). The lowest BCUT2D eigenvalue weighted by atomic mass is 10.1. The van der Waals surface area contributed by atoms with Gasteiger partial charge in [-0.1, -0.05) is 42.5 Å². The van der Waals surface area contributed by atoms with Crippen molar-refractivity contribution < 1.29 is 14.8 Å². The van der Waals surface area contributed by atoms with Gasteiger partial charge in [0.1, 0.15) is 0 Å². The molecule has 0 atom stereocenters. The van der Waals surface area contributed by atoms with Crippen LogP contribution < -0.4 is 5.43 Å². The summed E-state index contributed by atoms with van der Waals surface area (Å²) >= 11 is 0. The molecule has 0 saturated carbocycles. The maximum atomic E-state index is 11.1. The largest absolute Gasteiger partial charge is 0.478 e. The Bertz CT molecular complexity index is 1070. The predicted molar refractivity (Wildman–Crippen MR) is 112 cm³/mol. The molecule has 144 valence electrons. The minimum Gasteiger partial charge on any atom is -0.478 e. The maximum Gasteiger partial charge on any atom is 0.335 e. The third-order valence-corrected chi connectivity index (χ3v) is 4.02. The molecule has 0 aromatic heterocycles. The summed E-state index contributed by atoms with van der Waals surface area (Å²) in [5, 5.41) is 24.3. The second-order valence-electron chi connectivity index (χ2n) is 6.04. The van der Waals surface area contributed by atoms with Crippen molar-refractivity contribution in [2.45, 2.75) is 0 Å². The van der Waals surface area contributed by atoms with E-state index >= 15 is 0 Å². The lowest BCUT2D eigenvalue weighted by Crippen LogP contribution is -2.02. The Hall–Kier alpha value is -4.26. The number of benzene rings is 3. The van der Waals surface area contributed by atoms with Crippen LogP contribution in [0.5, 0.6) is 0 Å². The highest BCUT2D eigenvalue weighted by Gasteiger charge is 2.05. The fourth-order valence-electron chi connectivity index (χ4n) is 2.54. The third-order valence-electron chi connectivity index (χ3n) is 4.02. The SMILES string of the molecule is O=C(O)c1cccc(NN=C(C=Cc2ccc([N+](=O)[O-])cc2)c2ccccc2)c1. The summed E-state index contributed by atoms with van der Waals surface area (Å²) in [7, 11) is 0. The van der Waals surface area contributed by atoms with E-state index in [9.17, 15) is 14.9 Å². The molecule has 0 aliphatic heterocycles. The number of nitrogens with one attached hydrogen (secondary N) is 1. The average molecular weight is 387 g/mol. The zero-order valence-corrected chi connectivity index (χ0v) is 15.2. The topological polar surface area (TPSA) is 105 Å². The molecule has 0 bridgehead atoms. The van der Waals surface area contributed by atoms with Gasteiger partial charge >= 0.3 is 5.97 Å². The van der Waals surface area contributed by atoms with E-state index in [1.165, 1.54) is 24.3 Å². The van der Waals surface area contributed by atoms with Gasteiger partial charge in [-0.2, -0.15) is 5.10 Å². The number of carboxylic acids is 1. The molecule has 0 saturated heterocycles. The van der Waals surface area contributed by atoms with Crippen LogP contribution in [0.25, 0.3) is 6.08 Å². The van der Waals surface area contributed by atoms with E-state index in [0.717, 1.165) is 11.1 Å². The lowest BCUT2D eigenvalue weighted by Gasteiger charge is -2.05. The zero-order chi connectivity index (χ0) is 20.6. The molecular formula is C22H17N3O4. The lowest BCUT2D eigenvalue weighted by molar-refractivity contribution is -0.384. The number of nitrogens with zero attached hydrogens (tertiary/aromatic N) is 2. The number of hydrogen-bond donors (Lipinski definition) is 2. The highest BCUT2D eigenvalue weighted by atomic mass is 16.6. The maximum absolute atomic E-state index is 11.1. The Balaban J connectivity index is 1.87. The van der Waals surface area contributed by atoms with Crippen molar-refractivity contribution >= 4 is 29.1 Å². The van der Waals surface area contributed by atoms with Crippen LogP contribution in [0.3, 0.4) is 0 Å².